The van der Waals surface area contributed by atoms with Crippen molar-refractivity contribution in [2.24, 2.45) is 10.9 Å². The maximum atomic E-state index is 5.65. The molecule has 0 unspecified atom stereocenters. The average molecular weight is 333 g/mol. The van der Waals surface area contributed by atoms with Crippen molar-refractivity contribution in [3.05, 3.63) is 23.8 Å². The lowest BCUT2D eigenvalue weighted by Crippen LogP contribution is -2.38. The van der Waals surface area contributed by atoms with E-state index in [0.717, 1.165) is 48.6 Å². The smallest absolute Gasteiger partial charge is 0.231 e. The lowest BCUT2D eigenvalue weighted by Gasteiger charge is -2.22. The van der Waals surface area contributed by atoms with Gasteiger partial charge in [0.1, 0.15) is 0 Å². The largest absolute Gasteiger partial charge is 0.454 e. The molecule has 1 heterocycles. The minimum atomic E-state index is 0.305. The van der Waals surface area contributed by atoms with E-state index >= 15 is 0 Å². The molecule has 0 spiro atoms. The molecule has 132 valence electrons. The Labute approximate surface area is 143 Å². The summed E-state index contributed by atoms with van der Waals surface area (Å²) in [5.74, 6) is 3.33. The molecule has 0 radical (unpaired) electrons. The number of hydrogen-bond donors (Lipinski definition) is 1. The number of fused-ring (bicyclic) bond motifs is 1. The Balaban J connectivity index is 1.51. The van der Waals surface area contributed by atoms with Crippen LogP contribution < -0.4 is 14.8 Å². The van der Waals surface area contributed by atoms with Gasteiger partial charge < -0.3 is 24.4 Å². The van der Waals surface area contributed by atoms with E-state index < -0.39 is 0 Å². The fourth-order valence-corrected chi connectivity index (χ4v) is 2.61. The van der Waals surface area contributed by atoms with Gasteiger partial charge in [0.15, 0.2) is 17.5 Å². The second-order valence-electron chi connectivity index (χ2n) is 6.30. The summed E-state index contributed by atoms with van der Waals surface area (Å²) in [7, 11) is 2.04. The van der Waals surface area contributed by atoms with Gasteiger partial charge in [0, 0.05) is 26.7 Å². The lowest BCUT2D eigenvalue weighted by molar-refractivity contribution is 0.131. The standard InChI is InChI=1S/C18H27N3O3/c1-3-19-18(20-8-9-22-12-14-4-5-14)21(2)11-15-6-7-16-17(10-15)24-13-23-16/h6-7,10,14H,3-5,8-9,11-13H2,1-2H3,(H,19,20). The normalized spacial score (nSPS) is 16.3. The molecule has 0 amide bonds. The first-order valence-corrected chi connectivity index (χ1v) is 8.72. The Bertz CT molecular complexity index is 573. The second kappa shape index (κ2) is 8.24. The zero-order valence-corrected chi connectivity index (χ0v) is 14.6. The summed E-state index contributed by atoms with van der Waals surface area (Å²) in [5.41, 5.74) is 1.16. The number of nitrogens with one attached hydrogen (secondary N) is 1. The van der Waals surface area contributed by atoms with E-state index in [4.69, 9.17) is 14.2 Å². The summed E-state index contributed by atoms with van der Waals surface area (Å²) in [6.07, 6.45) is 2.65. The molecule has 2 aliphatic rings. The number of aliphatic imine (C=N–C) groups is 1. The van der Waals surface area contributed by atoms with Crippen LogP contribution in [-0.4, -0.2) is 51.0 Å². The number of benzene rings is 1. The highest BCUT2D eigenvalue weighted by Gasteiger charge is 2.20. The molecule has 1 aliphatic heterocycles. The van der Waals surface area contributed by atoms with Crippen molar-refractivity contribution < 1.29 is 14.2 Å². The van der Waals surface area contributed by atoms with Gasteiger partial charge in [-0.1, -0.05) is 6.07 Å². The van der Waals surface area contributed by atoms with Gasteiger partial charge in [0.25, 0.3) is 0 Å². The molecular formula is C18H27N3O3. The average Bonchev–Trinajstić information content (AvgIpc) is 3.28. The minimum Gasteiger partial charge on any atom is -0.454 e. The monoisotopic (exact) mass is 333 g/mol. The summed E-state index contributed by atoms with van der Waals surface area (Å²) in [4.78, 5) is 6.76. The molecule has 0 saturated heterocycles. The van der Waals surface area contributed by atoms with Crippen LogP contribution in [-0.2, 0) is 11.3 Å². The number of guanidine groups is 1. The Kier molecular flexibility index (Phi) is 5.80. The van der Waals surface area contributed by atoms with Gasteiger partial charge in [-0.2, -0.15) is 0 Å². The van der Waals surface area contributed by atoms with Crippen molar-refractivity contribution in [2.75, 3.05) is 40.1 Å². The molecule has 1 fully saturated rings. The molecule has 6 heteroatoms. The van der Waals surface area contributed by atoms with Crippen molar-refractivity contribution in [3.8, 4) is 11.5 Å². The number of nitrogens with zero attached hydrogens (tertiary/aromatic N) is 2. The summed E-state index contributed by atoms with van der Waals surface area (Å²) < 4.78 is 16.4. The third-order valence-electron chi connectivity index (χ3n) is 4.10. The summed E-state index contributed by atoms with van der Waals surface area (Å²) in [6, 6.07) is 6.05. The van der Waals surface area contributed by atoms with E-state index in [1.54, 1.807) is 0 Å². The van der Waals surface area contributed by atoms with Crippen molar-refractivity contribution in [1.29, 1.82) is 0 Å². The number of rotatable bonds is 8. The first kappa shape index (κ1) is 16.9. The quantitative estimate of drug-likeness (QED) is 0.449. The van der Waals surface area contributed by atoms with E-state index in [1.165, 1.54) is 12.8 Å². The third-order valence-corrected chi connectivity index (χ3v) is 4.10. The predicted molar refractivity (Wildman–Crippen MR) is 93.6 cm³/mol. The molecule has 1 aliphatic carbocycles. The van der Waals surface area contributed by atoms with Crippen molar-refractivity contribution in [2.45, 2.75) is 26.3 Å². The van der Waals surface area contributed by atoms with Gasteiger partial charge in [-0.15, -0.1) is 0 Å². The molecule has 3 rings (SSSR count). The fraction of sp³-hybridized carbons (Fsp3) is 0.611. The van der Waals surface area contributed by atoms with E-state index in [9.17, 15) is 0 Å². The predicted octanol–water partition coefficient (Wildman–Crippen LogP) is 2.24. The van der Waals surface area contributed by atoms with E-state index in [1.807, 2.05) is 19.2 Å². The molecule has 1 N–H and O–H groups in total. The van der Waals surface area contributed by atoms with Crippen LogP contribution in [0.25, 0.3) is 0 Å². The zero-order valence-electron chi connectivity index (χ0n) is 14.6. The van der Waals surface area contributed by atoms with E-state index in [2.05, 4.69) is 28.2 Å². The van der Waals surface area contributed by atoms with E-state index in [-0.39, 0.29) is 0 Å². The second-order valence-corrected chi connectivity index (χ2v) is 6.30. The van der Waals surface area contributed by atoms with Crippen LogP contribution >= 0.6 is 0 Å². The van der Waals surface area contributed by atoms with E-state index in [0.29, 0.717) is 19.9 Å². The van der Waals surface area contributed by atoms with Crippen LogP contribution in [0.1, 0.15) is 25.3 Å². The molecule has 1 saturated carbocycles. The topological polar surface area (TPSA) is 55.3 Å². The van der Waals surface area contributed by atoms with Crippen LogP contribution in [0.5, 0.6) is 11.5 Å². The number of ether oxygens (including phenoxy) is 3. The Morgan fingerprint density at radius 3 is 2.96 bits per heavy atom. The Hall–Kier alpha value is -1.95. The molecule has 1 aromatic carbocycles. The molecule has 0 bridgehead atoms. The molecule has 0 atom stereocenters. The van der Waals surface area contributed by atoms with Gasteiger partial charge in [-0.05, 0) is 43.4 Å². The molecule has 6 nitrogen and oxygen atoms in total. The van der Waals surface area contributed by atoms with Crippen LogP contribution in [0, 0.1) is 5.92 Å². The summed E-state index contributed by atoms with van der Waals surface area (Å²) >= 11 is 0. The minimum absolute atomic E-state index is 0.305. The Morgan fingerprint density at radius 1 is 1.33 bits per heavy atom. The number of hydrogen-bond acceptors (Lipinski definition) is 4. The SMILES string of the molecule is CCNC(=NCCOCC1CC1)N(C)Cc1ccc2c(c1)OCO2. The van der Waals surface area contributed by atoms with Gasteiger partial charge in [0.05, 0.1) is 13.2 Å². The maximum absolute atomic E-state index is 5.65. The first-order chi connectivity index (χ1) is 11.8. The van der Waals surface area contributed by atoms with Gasteiger partial charge in [-0.3, -0.25) is 4.99 Å². The van der Waals surface area contributed by atoms with Crippen LogP contribution in [0.4, 0.5) is 0 Å². The highest BCUT2D eigenvalue weighted by Crippen LogP contribution is 2.32. The van der Waals surface area contributed by atoms with Crippen LogP contribution in [0.15, 0.2) is 23.2 Å². The van der Waals surface area contributed by atoms with Crippen LogP contribution in [0.3, 0.4) is 0 Å². The van der Waals surface area contributed by atoms with Gasteiger partial charge in [-0.25, -0.2) is 0 Å². The molecule has 1 aromatic rings. The Morgan fingerprint density at radius 2 is 2.17 bits per heavy atom. The van der Waals surface area contributed by atoms with Crippen molar-refractivity contribution >= 4 is 5.96 Å². The van der Waals surface area contributed by atoms with Gasteiger partial charge >= 0.3 is 0 Å². The summed E-state index contributed by atoms with van der Waals surface area (Å²) in [5, 5.41) is 3.33. The molecule has 0 aromatic heterocycles. The molecular weight excluding hydrogens is 306 g/mol. The van der Waals surface area contributed by atoms with Crippen molar-refractivity contribution in [3.63, 3.8) is 0 Å². The zero-order chi connectivity index (χ0) is 16.8. The fourth-order valence-electron chi connectivity index (χ4n) is 2.61. The maximum Gasteiger partial charge on any atom is 0.231 e. The van der Waals surface area contributed by atoms with Gasteiger partial charge in [0.2, 0.25) is 6.79 Å². The highest BCUT2D eigenvalue weighted by molar-refractivity contribution is 5.79. The summed E-state index contributed by atoms with van der Waals surface area (Å²) in [6.45, 7) is 6.23. The van der Waals surface area contributed by atoms with Crippen LogP contribution in [0.2, 0.25) is 0 Å². The highest BCUT2D eigenvalue weighted by atomic mass is 16.7. The third kappa shape index (κ3) is 4.77. The molecule has 24 heavy (non-hydrogen) atoms. The lowest BCUT2D eigenvalue weighted by atomic mass is 10.2. The van der Waals surface area contributed by atoms with Crippen molar-refractivity contribution in [1.82, 2.24) is 10.2 Å². The first-order valence-electron chi connectivity index (χ1n) is 8.72.